The minimum atomic E-state index is -4.63. The first-order valence-corrected chi connectivity index (χ1v) is 15.4. The van der Waals surface area contributed by atoms with E-state index >= 15 is 0 Å². The van der Waals surface area contributed by atoms with Crippen LogP contribution in [0.5, 0.6) is 0 Å². The lowest BCUT2D eigenvalue weighted by Crippen LogP contribution is -2.50. The van der Waals surface area contributed by atoms with Crippen LogP contribution >= 0.6 is 11.3 Å². The molecule has 1 fully saturated rings. The molecule has 1 saturated heterocycles. The van der Waals surface area contributed by atoms with Crippen LogP contribution in [0.3, 0.4) is 0 Å². The summed E-state index contributed by atoms with van der Waals surface area (Å²) in [6.45, 7) is 2.34. The van der Waals surface area contributed by atoms with Crippen molar-refractivity contribution < 1.29 is 35.9 Å². The second-order valence-electron chi connectivity index (χ2n) is 9.47. The van der Waals surface area contributed by atoms with E-state index in [4.69, 9.17) is 4.74 Å². The van der Waals surface area contributed by atoms with Crippen molar-refractivity contribution in [3.63, 3.8) is 0 Å². The Morgan fingerprint density at radius 1 is 1.00 bits per heavy atom. The number of fused-ring (bicyclic) bond motifs is 1. The molecule has 2 aromatic carbocycles. The third-order valence-electron chi connectivity index (χ3n) is 6.74. The van der Waals surface area contributed by atoms with Gasteiger partial charge in [-0.15, -0.1) is 0 Å². The lowest BCUT2D eigenvalue weighted by atomic mass is 10.2. The number of halogens is 3. The zero-order valence-corrected chi connectivity index (χ0v) is 24.5. The fourth-order valence-corrected chi connectivity index (χ4v) is 6.97. The number of piperazine rings is 1. The van der Waals surface area contributed by atoms with Gasteiger partial charge < -0.3 is 9.64 Å². The first-order valence-electron chi connectivity index (χ1n) is 13.2. The van der Waals surface area contributed by atoms with Crippen LogP contribution in [0.1, 0.15) is 28.5 Å². The van der Waals surface area contributed by atoms with Crippen LogP contribution in [0.4, 0.5) is 23.1 Å². The highest BCUT2D eigenvalue weighted by Crippen LogP contribution is 2.39. The topological polar surface area (TPSA) is 113 Å². The molecule has 0 saturated carbocycles. The zero-order chi connectivity index (χ0) is 30.8. The molecule has 0 unspecified atom stereocenters. The Kier molecular flexibility index (Phi) is 8.66. The Balaban J connectivity index is 1.41. The predicted molar refractivity (Wildman–Crippen MR) is 153 cm³/mol. The van der Waals surface area contributed by atoms with E-state index in [1.165, 1.54) is 56.7 Å². The van der Waals surface area contributed by atoms with E-state index in [2.05, 4.69) is 9.97 Å². The quantitative estimate of drug-likeness (QED) is 0.281. The number of hydrogen-bond donors (Lipinski definition) is 0. The predicted octanol–water partition coefficient (Wildman–Crippen LogP) is 5.02. The zero-order valence-electron chi connectivity index (χ0n) is 22.8. The highest BCUT2D eigenvalue weighted by molar-refractivity contribution is 7.89. The van der Waals surface area contributed by atoms with Crippen molar-refractivity contribution in [2.45, 2.75) is 24.5 Å². The van der Waals surface area contributed by atoms with Gasteiger partial charge in [0.1, 0.15) is 0 Å². The van der Waals surface area contributed by atoms with Gasteiger partial charge in [-0.2, -0.15) is 17.5 Å². The third kappa shape index (κ3) is 6.48. The molecule has 0 radical (unpaired) electrons. The summed E-state index contributed by atoms with van der Waals surface area (Å²) in [5, 5.41) is 0.0403. The molecule has 43 heavy (non-hydrogen) atoms. The molecule has 1 aliphatic rings. The number of sulfonamides is 1. The van der Waals surface area contributed by atoms with Crippen molar-refractivity contribution in [2.75, 3.05) is 37.7 Å². The van der Waals surface area contributed by atoms with Crippen molar-refractivity contribution >= 4 is 48.7 Å². The van der Waals surface area contributed by atoms with Crippen LogP contribution < -0.4 is 4.90 Å². The van der Waals surface area contributed by atoms with Gasteiger partial charge in [-0.25, -0.2) is 18.2 Å². The van der Waals surface area contributed by atoms with Crippen LogP contribution in [-0.2, 0) is 27.5 Å². The number of amides is 2. The van der Waals surface area contributed by atoms with Gasteiger partial charge in [-0.3, -0.25) is 14.7 Å². The van der Waals surface area contributed by atoms with Gasteiger partial charge in [0.25, 0.3) is 5.91 Å². The van der Waals surface area contributed by atoms with Crippen LogP contribution in [-0.4, -0.2) is 72.4 Å². The Bertz CT molecular complexity index is 1720. The molecule has 10 nitrogen and oxygen atoms in total. The number of carbonyl (C=O) groups is 2. The van der Waals surface area contributed by atoms with Crippen molar-refractivity contribution in [2.24, 2.45) is 0 Å². The van der Waals surface area contributed by atoms with Gasteiger partial charge in [-0.1, -0.05) is 23.5 Å². The lowest BCUT2D eigenvalue weighted by molar-refractivity contribution is -0.136. The fraction of sp³-hybridized carbons (Fsp3) is 0.286. The molecular formula is C28H26F3N5O5S2. The molecule has 3 heterocycles. The number of hydrogen-bond acceptors (Lipinski definition) is 8. The normalized spacial score (nSPS) is 14.6. The largest absolute Gasteiger partial charge is 0.450 e. The van der Waals surface area contributed by atoms with Crippen LogP contribution in [0.2, 0.25) is 0 Å². The van der Waals surface area contributed by atoms with Gasteiger partial charge in [0, 0.05) is 37.9 Å². The monoisotopic (exact) mass is 633 g/mol. The van der Waals surface area contributed by atoms with E-state index in [9.17, 15) is 31.2 Å². The van der Waals surface area contributed by atoms with Gasteiger partial charge in [-0.05, 0) is 55.5 Å². The molecule has 2 aromatic heterocycles. The van der Waals surface area contributed by atoms with Crippen molar-refractivity contribution in [1.82, 2.24) is 19.2 Å². The van der Waals surface area contributed by atoms with E-state index in [1.54, 1.807) is 25.1 Å². The van der Waals surface area contributed by atoms with E-state index in [-0.39, 0.29) is 65.1 Å². The summed E-state index contributed by atoms with van der Waals surface area (Å²) < 4.78 is 74.0. The number of thiazole rings is 1. The SMILES string of the molecule is CCOC(=O)N1CCN(S(=O)(=O)c2ccc(C(=O)N(Cc3ccccn3)c3nc4c(C(F)(F)F)cccc4s3)cc2)CC1. The Hall–Kier alpha value is -4.08. The first kappa shape index (κ1) is 30.4. The smallest absolute Gasteiger partial charge is 0.418 e. The first-order chi connectivity index (χ1) is 20.5. The Morgan fingerprint density at radius 2 is 1.72 bits per heavy atom. The summed E-state index contributed by atoms with van der Waals surface area (Å²) in [6, 6.07) is 14.1. The maximum Gasteiger partial charge on any atom is 0.418 e. The summed E-state index contributed by atoms with van der Waals surface area (Å²) in [6.07, 6.45) is -3.60. The highest BCUT2D eigenvalue weighted by Gasteiger charge is 2.35. The second kappa shape index (κ2) is 12.3. The minimum Gasteiger partial charge on any atom is -0.450 e. The maximum atomic E-state index is 13.8. The van der Waals surface area contributed by atoms with Crippen LogP contribution in [0.25, 0.3) is 10.2 Å². The molecule has 15 heteroatoms. The molecule has 226 valence electrons. The fourth-order valence-electron chi connectivity index (χ4n) is 4.56. The average molecular weight is 634 g/mol. The molecule has 0 N–H and O–H groups in total. The molecule has 2 amide bonds. The number of benzene rings is 2. The third-order valence-corrected chi connectivity index (χ3v) is 9.70. The molecular weight excluding hydrogens is 607 g/mol. The Labute approximate surface area is 249 Å². The summed E-state index contributed by atoms with van der Waals surface area (Å²) in [5.74, 6) is -0.592. The second-order valence-corrected chi connectivity index (χ2v) is 12.4. The average Bonchev–Trinajstić information content (AvgIpc) is 3.44. The van der Waals surface area contributed by atoms with Crippen molar-refractivity contribution in [1.29, 1.82) is 0 Å². The van der Waals surface area contributed by atoms with Gasteiger partial charge in [0.15, 0.2) is 5.13 Å². The van der Waals surface area contributed by atoms with E-state index in [0.29, 0.717) is 5.69 Å². The van der Waals surface area contributed by atoms with Gasteiger partial charge in [0.05, 0.1) is 39.5 Å². The Morgan fingerprint density at radius 3 is 2.35 bits per heavy atom. The number of aromatic nitrogens is 2. The van der Waals surface area contributed by atoms with Gasteiger partial charge in [0.2, 0.25) is 10.0 Å². The summed E-state index contributed by atoms with van der Waals surface area (Å²) in [7, 11) is -3.92. The van der Waals surface area contributed by atoms with Gasteiger partial charge >= 0.3 is 12.3 Å². The number of nitrogens with zero attached hydrogens (tertiary/aromatic N) is 5. The number of carbonyl (C=O) groups excluding carboxylic acids is 2. The van der Waals surface area contributed by atoms with Crippen molar-refractivity contribution in [3.8, 4) is 0 Å². The summed E-state index contributed by atoms with van der Waals surface area (Å²) in [4.78, 5) is 36.8. The molecule has 0 atom stereocenters. The molecule has 0 bridgehead atoms. The minimum absolute atomic E-state index is 0.0403. The number of alkyl halides is 3. The number of anilines is 1. The number of para-hydroxylation sites is 1. The summed E-state index contributed by atoms with van der Waals surface area (Å²) >= 11 is 0.936. The number of rotatable bonds is 7. The van der Waals surface area contributed by atoms with Crippen LogP contribution in [0.15, 0.2) is 71.8 Å². The highest BCUT2D eigenvalue weighted by atomic mass is 32.2. The molecule has 0 spiro atoms. The van der Waals surface area contributed by atoms with E-state index < -0.39 is 33.8 Å². The molecule has 4 aromatic rings. The van der Waals surface area contributed by atoms with Crippen molar-refractivity contribution in [3.05, 3.63) is 83.7 Å². The molecule has 5 rings (SSSR count). The number of pyridine rings is 1. The standard InChI is InChI=1S/C28H26F3N5O5S2/c1-2-41-27(38)34-14-16-35(17-15-34)43(39,40)21-11-9-19(10-12-21)25(37)36(18-20-6-3-4-13-32-20)26-33-24-22(28(29,30)31)7-5-8-23(24)42-26/h3-13H,2,14-18H2,1H3. The van der Waals surface area contributed by atoms with Crippen LogP contribution in [0, 0.1) is 0 Å². The molecule has 1 aliphatic heterocycles. The molecule has 0 aliphatic carbocycles. The maximum absolute atomic E-state index is 13.8. The lowest BCUT2D eigenvalue weighted by Gasteiger charge is -2.33. The summed E-state index contributed by atoms with van der Waals surface area (Å²) in [5.41, 5.74) is -0.585. The van der Waals surface area contributed by atoms with E-state index in [0.717, 1.165) is 17.4 Å². The van der Waals surface area contributed by atoms with E-state index in [1.807, 2.05) is 0 Å². The number of ether oxygens (including phenoxy) is 1.